The minimum atomic E-state index is -1.05. The van der Waals surface area contributed by atoms with Crippen LogP contribution < -0.4 is 16.0 Å². The third-order valence-electron chi connectivity index (χ3n) is 7.61. The molecule has 2 aromatic rings. The summed E-state index contributed by atoms with van der Waals surface area (Å²) in [6.07, 6.45) is -1.79. The van der Waals surface area contributed by atoms with Crippen molar-refractivity contribution in [2.75, 3.05) is 6.61 Å². The zero-order valence-electron chi connectivity index (χ0n) is 24.3. The van der Waals surface area contributed by atoms with Crippen LogP contribution in [0.5, 0.6) is 0 Å². The minimum Gasteiger partial charge on any atom is -0.449 e. The van der Waals surface area contributed by atoms with Gasteiger partial charge in [-0.2, -0.15) is 0 Å². The maximum absolute atomic E-state index is 13.4. The van der Waals surface area contributed by atoms with Crippen molar-refractivity contribution < 1.29 is 33.5 Å². The highest BCUT2D eigenvalue weighted by atomic mass is 16.7. The summed E-state index contributed by atoms with van der Waals surface area (Å²) in [7, 11) is 0. The Kier molecular flexibility index (Phi) is 9.82. The number of hydroxylamine groups is 2. The zero-order chi connectivity index (χ0) is 30.4. The van der Waals surface area contributed by atoms with Gasteiger partial charge in [-0.15, -0.1) is 5.06 Å². The summed E-state index contributed by atoms with van der Waals surface area (Å²) in [5, 5.41) is 8.41. The fourth-order valence-corrected chi connectivity index (χ4v) is 5.27. The molecule has 0 bridgehead atoms. The molecule has 4 rings (SSSR count). The van der Waals surface area contributed by atoms with E-state index in [9.17, 15) is 24.0 Å². The Balaban J connectivity index is 1.39. The van der Waals surface area contributed by atoms with Crippen molar-refractivity contribution in [2.45, 2.75) is 71.5 Å². The summed E-state index contributed by atoms with van der Waals surface area (Å²) >= 11 is 0. The maximum atomic E-state index is 13.4. The van der Waals surface area contributed by atoms with Gasteiger partial charge < -0.3 is 20.2 Å². The lowest BCUT2D eigenvalue weighted by Crippen LogP contribution is -2.57. The van der Waals surface area contributed by atoms with Crippen molar-refractivity contribution in [3.63, 3.8) is 0 Å². The van der Waals surface area contributed by atoms with Crippen LogP contribution in [-0.2, 0) is 24.0 Å². The van der Waals surface area contributed by atoms with Gasteiger partial charge in [0.25, 0.3) is 11.8 Å². The largest absolute Gasteiger partial charge is 0.449 e. The second-order valence-electron chi connectivity index (χ2n) is 11.1. The second-order valence-corrected chi connectivity index (χ2v) is 11.1. The van der Waals surface area contributed by atoms with Gasteiger partial charge in [-0.05, 0) is 40.5 Å². The van der Waals surface area contributed by atoms with Crippen LogP contribution in [0.3, 0.4) is 0 Å². The van der Waals surface area contributed by atoms with Crippen molar-refractivity contribution in [2.24, 2.45) is 11.8 Å². The number of fused-ring (bicyclic) bond motifs is 3. The summed E-state index contributed by atoms with van der Waals surface area (Å²) in [6.45, 7) is 7.64. The van der Waals surface area contributed by atoms with E-state index >= 15 is 0 Å². The van der Waals surface area contributed by atoms with E-state index in [4.69, 9.17) is 9.57 Å². The lowest BCUT2D eigenvalue weighted by molar-refractivity contribution is -0.171. The average Bonchev–Trinajstić information content (AvgIpc) is 3.45. The number of alkyl carbamates (subject to hydrolysis) is 1. The van der Waals surface area contributed by atoms with Crippen molar-refractivity contribution in [3.8, 4) is 11.1 Å². The fourth-order valence-electron chi connectivity index (χ4n) is 5.27. The average molecular weight is 579 g/mol. The summed E-state index contributed by atoms with van der Waals surface area (Å²) in [6, 6.07) is 15.1. The highest BCUT2D eigenvalue weighted by Gasteiger charge is 2.35. The fraction of sp³-hybridized carbons (Fsp3) is 0.452. The van der Waals surface area contributed by atoms with E-state index in [0.29, 0.717) is 17.9 Å². The summed E-state index contributed by atoms with van der Waals surface area (Å²) in [5.74, 6) is -2.05. The number of rotatable bonds is 11. The quantitative estimate of drug-likeness (QED) is 0.268. The number of carbonyl (C=O) groups is 5. The van der Waals surface area contributed by atoms with Crippen molar-refractivity contribution >= 4 is 29.9 Å². The van der Waals surface area contributed by atoms with Gasteiger partial charge >= 0.3 is 12.2 Å². The van der Waals surface area contributed by atoms with E-state index in [0.717, 1.165) is 22.3 Å². The Morgan fingerprint density at radius 1 is 0.857 bits per heavy atom. The van der Waals surface area contributed by atoms with Crippen LogP contribution in [0.25, 0.3) is 11.1 Å². The van der Waals surface area contributed by atoms with Gasteiger partial charge in [0.05, 0.1) is 0 Å². The van der Waals surface area contributed by atoms with E-state index < -0.39 is 42.1 Å². The Bertz CT molecular complexity index is 1280. The first-order valence-electron chi connectivity index (χ1n) is 14.3. The van der Waals surface area contributed by atoms with Crippen LogP contribution in [0.15, 0.2) is 48.5 Å². The smallest absolute Gasteiger partial charge is 0.433 e. The molecule has 1 saturated heterocycles. The predicted molar refractivity (Wildman–Crippen MR) is 154 cm³/mol. The SMILES string of the molecule is CC[C@H](C)[C@H](NC(=O)OCC1c2ccccc2-c2ccccc21)C(=O)N[C@@H](CC(C)C)NC(=O)ON1C(=O)CCC1=O. The van der Waals surface area contributed by atoms with Crippen LogP contribution in [0.4, 0.5) is 9.59 Å². The van der Waals surface area contributed by atoms with E-state index in [1.165, 1.54) is 0 Å². The number of carbonyl (C=O) groups excluding carboxylic acids is 5. The molecule has 2 aliphatic rings. The van der Waals surface area contributed by atoms with Crippen LogP contribution in [0.2, 0.25) is 0 Å². The number of ether oxygens (including phenoxy) is 1. The van der Waals surface area contributed by atoms with Crippen LogP contribution in [0.1, 0.15) is 70.4 Å². The molecular formula is C31H38N4O7. The Hall–Kier alpha value is -4.41. The molecule has 3 N–H and O–H groups in total. The molecule has 0 radical (unpaired) electrons. The molecule has 11 heteroatoms. The Morgan fingerprint density at radius 3 is 1.98 bits per heavy atom. The number of amides is 5. The molecule has 0 aromatic heterocycles. The van der Waals surface area contributed by atoms with Crippen LogP contribution in [0, 0.1) is 11.8 Å². The molecular weight excluding hydrogens is 540 g/mol. The molecule has 0 spiro atoms. The molecule has 1 fully saturated rings. The standard InChI is InChI=1S/C31H38N4O7/c1-5-19(4)28(29(38)32-25(16-18(2)3)33-31(40)42-35-26(36)14-15-27(35)37)34-30(39)41-17-24-22-12-8-6-10-20(22)21-11-7-9-13-23(21)24/h6-13,18-19,24-25,28H,5,14-17H2,1-4H3,(H,32,38)(H,33,40)(H,34,39)/t19-,25+,28-/m0/s1. The molecule has 1 aliphatic carbocycles. The molecule has 0 unspecified atom stereocenters. The van der Waals surface area contributed by atoms with Gasteiger partial charge in [0, 0.05) is 18.8 Å². The maximum Gasteiger partial charge on any atom is 0.433 e. The molecule has 3 atom stereocenters. The molecule has 42 heavy (non-hydrogen) atoms. The number of hydrogen-bond acceptors (Lipinski definition) is 7. The first-order chi connectivity index (χ1) is 20.1. The Morgan fingerprint density at radius 2 is 1.43 bits per heavy atom. The molecule has 1 aliphatic heterocycles. The van der Waals surface area contributed by atoms with Gasteiger partial charge in [-0.25, -0.2) is 9.59 Å². The third-order valence-corrected chi connectivity index (χ3v) is 7.61. The first-order valence-corrected chi connectivity index (χ1v) is 14.3. The van der Waals surface area contributed by atoms with E-state index in [1.807, 2.05) is 64.1 Å². The molecule has 5 amide bonds. The molecule has 224 valence electrons. The highest BCUT2D eigenvalue weighted by Crippen LogP contribution is 2.44. The predicted octanol–water partition coefficient (Wildman–Crippen LogP) is 4.22. The highest BCUT2D eigenvalue weighted by molar-refractivity contribution is 6.01. The van der Waals surface area contributed by atoms with Crippen molar-refractivity contribution in [3.05, 3.63) is 59.7 Å². The molecule has 0 saturated carbocycles. The molecule has 1 heterocycles. The van der Waals surface area contributed by atoms with Gasteiger partial charge in [0.1, 0.15) is 18.8 Å². The van der Waals surface area contributed by atoms with E-state index in [1.54, 1.807) is 0 Å². The second kappa shape index (κ2) is 13.5. The lowest BCUT2D eigenvalue weighted by Gasteiger charge is -2.28. The van der Waals surface area contributed by atoms with Gasteiger partial charge in [-0.3, -0.25) is 19.7 Å². The summed E-state index contributed by atoms with van der Waals surface area (Å²) in [5.41, 5.74) is 4.38. The number of benzene rings is 2. The monoisotopic (exact) mass is 578 g/mol. The van der Waals surface area contributed by atoms with Gasteiger partial charge in [-0.1, -0.05) is 82.6 Å². The van der Waals surface area contributed by atoms with E-state index in [2.05, 4.69) is 28.1 Å². The summed E-state index contributed by atoms with van der Waals surface area (Å²) < 4.78 is 5.65. The zero-order valence-corrected chi connectivity index (χ0v) is 24.3. The minimum absolute atomic E-state index is 0.0314. The lowest BCUT2D eigenvalue weighted by atomic mass is 9.98. The van der Waals surface area contributed by atoms with Crippen LogP contribution in [-0.4, -0.2) is 53.8 Å². The van der Waals surface area contributed by atoms with Gasteiger partial charge in [0.2, 0.25) is 5.91 Å². The normalized spacial score (nSPS) is 16.4. The summed E-state index contributed by atoms with van der Waals surface area (Å²) in [4.78, 5) is 67.3. The number of imide groups is 1. The first kappa shape index (κ1) is 30.5. The number of hydrogen-bond donors (Lipinski definition) is 3. The van der Waals surface area contributed by atoms with E-state index in [-0.39, 0.29) is 37.2 Å². The van der Waals surface area contributed by atoms with Crippen LogP contribution >= 0.6 is 0 Å². The van der Waals surface area contributed by atoms with Crippen molar-refractivity contribution in [1.82, 2.24) is 21.0 Å². The molecule has 11 nitrogen and oxygen atoms in total. The molecule has 2 aromatic carbocycles. The van der Waals surface area contributed by atoms with Crippen molar-refractivity contribution in [1.29, 1.82) is 0 Å². The number of nitrogens with zero attached hydrogens (tertiary/aromatic N) is 1. The third kappa shape index (κ3) is 7.07. The topological polar surface area (TPSA) is 143 Å². The van der Waals surface area contributed by atoms with Gasteiger partial charge in [0.15, 0.2) is 0 Å². The Labute approximate surface area is 245 Å². The number of nitrogens with one attached hydrogen (secondary N) is 3.